The van der Waals surface area contributed by atoms with Crippen molar-refractivity contribution in [3.63, 3.8) is 0 Å². The van der Waals surface area contributed by atoms with Crippen molar-refractivity contribution in [2.24, 2.45) is 0 Å². The van der Waals surface area contributed by atoms with Crippen molar-refractivity contribution in [2.45, 2.75) is 25.5 Å². The Kier molecular flexibility index (Phi) is 4.81. The van der Waals surface area contributed by atoms with E-state index in [1.54, 1.807) is 10.6 Å². The molecule has 0 radical (unpaired) electrons. The van der Waals surface area contributed by atoms with Gasteiger partial charge >= 0.3 is 0 Å². The second-order valence-corrected chi connectivity index (χ2v) is 6.48. The number of ketones is 1. The highest BCUT2D eigenvalue weighted by Crippen LogP contribution is 2.19. The van der Waals surface area contributed by atoms with Crippen molar-refractivity contribution >= 4 is 28.4 Å². The minimum Gasteiger partial charge on any atom is -0.293 e. The van der Waals surface area contributed by atoms with Crippen molar-refractivity contribution in [3.05, 3.63) is 70.0 Å². The average molecular weight is 338 g/mol. The van der Waals surface area contributed by atoms with Crippen LogP contribution in [0.1, 0.15) is 22.8 Å². The summed E-state index contributed by atoms with van der Waals surface area (Å²) in [5, 5.41) is 1.19. The molecule has 0 atom stereocenters. The number of carbonyl (C=O) groups excluding carboxylic acids is 1. The van der Waals surface area contributed by atoms with E-state index in [4.69, 9.17) is 0 Å². The molecule has 0 unspecified atom stereocenters. The fraction of sp³-hybridized carbons (Fsp3) is 0.211. The number of thioether (sulfide) groups is 1. The standard InChI is InChI=1S/C19H18N2O2S/c1-3-21-18(23)15-6-4-5-7-16(15)20-19(21)24-12-17(22)14-10-8-13(2)9-11-14/h4-11H,3,12H2,1-2H3. The number of Topliss-reactive ketones (excluding diaryl/α,β-unsaturated/α-hetero) is 1. The Balaban J connectivity index is 1.88. The first-order chi connectivity index (χ1) is 11.6. The lowest BCUT2D eigenvalue weighted by Gasteiger charge is -2.10. The molecule has 3 rings (SSSR count). The predicted molar refractivity (Wildman–Crippen MR) is 97.9 cm³/mol. The lowest BCUT2D eigenvalue weighted by atomic mass is 10.1. The Morgan fingerprint density at radius 1 is 1.12 bits per heavy atom. The molecule has 0 N–H and O–H groups in total. The molecule has 0 aliphatic rings. The lowest BCUT2D eigenvalue weighted by molar-refractivity contribution is 0.102. The molecular weight excluding hydrogens is 320 g/mol. The van der Waals surface area contributed by atoms with Crippen LogP contribution in [0, 0.1) is 6.92 Å². The predicted octanol–water partition coefficient (Wildman–Crippen LogP) is 3.70. The summed E-state index contributed by atoms with van der Waals surface area (Å²) in [6.45, 7) is 4.42. The van der Waals surface area contributed by atoms with Crippen LogP contribution in [0.15, 0.2) is 58.5 Å². The quantitative estimate of drug-likeness (QED) is 0.404. The molecule has 4 nitrogen and oxygen atoms in total. The smallest absolute Gasteiger partial charge is 0.262 e. The van der Waals surface area contributed by atoms with E-state index in [0.29, 0.717) is 28.2 Å². The Morgan fingerprint density at radius 2 is 1.83 bits per heavy atom. The maximum Gasteiger partial charge on any atom is 0.262 e. The van der Waals surface area contributed by atoms with Crippen LogP contribution in [0.4, 0.5) is 0 Å². The van der Waals surface area contributed by atoms with Crippen molar-refractivity contribution in [1.82, 2.24) is 9.55 Å². The number of carbonyl (C=O) groups is 1. The molecule has 122 valence electrons. The first-order valence-corrected chi connectivity index (χ1v) is 8.81. The molecule has 0 fully saturated rings. The minimum absolute atomic E-state index is 0.0325. The number of aryl methyl sites for hydroxylation is 1. The number of nitrogens with zero attached hydrogens (tertiary/aromatic N) is 2. The third-order valence-corrected chi connectivity index (χ3v) is 4.83. The first kappa shape index (κ1) is 16.5. The van der Waals surface area contributed by atoms with Gasteiger partial charge in [-0.05, 0) is 26.0 Å². The van der Waals surface area contributed by atoms with Crippen LogP contribution in [0.3, 0.4) is 0 Å². The van der Waals surface area contributed by atoms with Crippen LogP contribution in [-0.2, 0) is 6.54 Å². The van der Waals surface area contributed by atoms with Gasteiger partial charge in [0.05, 0.1) is 16.7 Å². The maximum absolute atomic E-state index is 12.6. The van der Waals surface area contributed by atoms with Crippen LogP contribution in [-0.4, -0.2) is 21.1 Å². The number of benzene rings is 2. The number of hydrogen-bond donors (Lipinski definition) is 0. The van der Waals surface area contributed by atoms with Gasteiger partial charge in [0, 0.05) is 12.1 Å². The largest absolute Gasteiger partial charge is 0.293 e. The Hall–Kier alpha value is -2.40. The van der Waals surface area contributed by atoms with Gasteiger partial charge in [-0.15, -0.1) is 0 Å². The summed E-state index contributed by atoms with van der Waals surface area (Å²) < 4.78 is 1.62. The van der Waals surface area contributed by atoms with E-state index in [9.17, 15) is 9.59 Å². The van der Waals surface area contributed by atoms with Gasteiger partial charge in [0.1, 0.15) is 0 Å². The molecule has 0 spiro atoms. The third kappa shape index (κ3) is 3.26. The molecule has 0 saturated heterocycles. The second-order valence-electron chi connectivity index (χ2n) is 5.54. The number of rotatable bonds is 5. The second kappa shape index (κ2) is 7.01. The molecule has 0 bridgehead atoms. The fourth-order valence-corrected chi connectivity index (χ4v) is 3.45. The molecule has 0 saturated carbocycles. The summed E-state index contributed by atoms with van der Waals surface area (Å²) in [7, 11) is 0. The summed E-state index contributed by atoms with van der Waals surface area (Å²) in [5.74, 6) is 0.290. The minimum atomic E-state index is -0.0617. The van der Waals surface area contributed by atoms with Gasteiger partial charge in [0.25, 0.3) is 5.56 Å². The zero-order valence-corrected chi connectivity index (χ0v) is 14.5. The van der Waals surface area contributed by atoms with Gasteiger partial charge in [-0.2, -0.15) is 0 Å². The Morgan fingerprint density at radius 3 is 2.54 bits per heavy atom. The number of para-hydroxylation sites is 1. The van der Waals surface area contributed by atoms with E-state index in [0.717, 1.165) is 5.56 Å². The maximum atomic E-state index is 12.6. The highest BCUT2D eigenvalue weighted by molar-refractivity contribution is 7.99. The molecule has 1 aromatic heterocycles. The van der Waals surface area contributed by atoms with Gasteiger partial charge in [0.15, 0.2) is 10.9 Å². The van der Waals surface area contributed by atoms with Crippen LogP contribution in [0.25, 0.3) is 10.9 Å². The molecule has 0 amide bonds. The lowest BCUT2D eigenvalue weighted by Crippen LogP contribution is -2.22. The van der Waals surface area contributed by atoms with E-state index in [1.807, 2.05) is 56.3 Å². The highest BCUT2D eigenvalue weighted by Gasteiger charge is 2.13. The van der Waals surface area contributed by atoms with Crippen molar-refractivity contribution in [3.8, 4) is 0 Å². The van der Waals surface area contributed by atoms with Gasteiger partial charge in [-0.1, -0.05) is 53.7 Å². The topological polar surface area (TPSA) is 52.0 Å². The van der Waals surface area contributed by atoms with Crippen LogP contribution in [0.5, 0.6) is 0 Å². The highest BCUT2D eigenvalue weighted by atomic mass is 32.2. The van der Waals surface area contributed by atoms with Gasteiger partial charge in [-0.25, -0.2) is 4.98 Å². The molecule has 24 heavy (non-hydrogen) atoms. The zero-order valence-electron chi connectivity index (χ0n) is 13.7. The Bertz CT molecular complexity index is 946. The first-order valence-electron chi connectivity index (χ1n) is 7.82. The van der Waals surface area contributed by atoms with E-state index in [1.165, 1.54) is 11.8 Å². The van der Waals surface area contributed by atoms with Crippen molar-refractivity contribution < 1.29 is 4.79 Å². The normalized spacial score (nSPS) is 10.9. The van der Waals surface area contributed by atoms with Crippen LogP contribution in [0.2, 0.25) is 0 Å². The molecule has 5 heteroatoms. The fourth-order valence-electron chi connectivity index (χ4n) is 2.49. The third-order valence-electron chi connectivity index (χ3n) is 3.85. The van der Waals surface area contributed by atoms with E-state index >= 15 is 0 Å². The van der Waals surface area contributed by atoms with Crippen LogP contribution >= 0.6 is 11.8 Å². The van der Waals surface area contributed by atoms with Gasteiger partial charge in [-0.3, -0.25) is 14.2 Å². The SMILES string of the molecule is CCn1c(SCC(=O)c2ccc(C)cc2)nc2ccccc2c1=O. The number of hydrogen-bond acceptors (Lipinski definition) is 4. The molecular formula is C19H18N2O2S. The van der Waals surface area contributed by atoms with E-state index in [2.05, 4.69) is 4.98 Å². The molecule has 0 aliphatic carbocycles. The number of aromatic nitrogens is 2. The summed E-state index contributed by atoms with van der Waals surface area (Å²) in [6, 6.07) is 14.8. The van der Waals surface area contributed by atoms with Gasteiger partial charge < -0.3 is 0 Å². The molecule has 3 aromatic rings. The summed E-state index contributed by atoms with van der Waals surface area (Å²) in [6.07, 6.45) is 0. The van der Waals surface area contributed by atoms with Crippen molar-refractivity contribution in [2.75, 3.05) is 5.75 Å². The number of fused-ring (bicyclic) bond motifs is 1. The van der Waals surface area contributed by atoms with Crippen LogP contribution < -0.4 is 5.56 Å². The monoisotopic (exact) mass is 338 g/mol. The molecule has 1 heterocycles. The van der Waals surface area contributed by atoms with E-state index in [-0.39, 0.29) is 17.1 Å². The molecule has 0 aliphatic heterocycles. The summed E-state index contributed by atoms with van der Waals surface area (Å²) in [5.41, 5.74) is 2.40. The van der Waals surface area contributed by atoms with E-state index < -0.39 is 0 Å². The molecule has 2 aromatic carbocycles. The van der Waals surface area contributed by atoms with Gasteiger partial charge in [0.2, 0.25) is 0 Å². The van der Waals surface area contributed by atoms with Crippen molar-refractivity contribution in [1.29, 1.82) is 0 Å². The Labute approximate surface area is 144 Å². The average Bonchev–Trinajstić information content (AvgIpc) is 2.60. The zero-order chi connectivity index (χ0) is 17.1. The summed E-state index contributed by atoms with van der Waals surface area (Å²) >= 11 is 1.31. The summed E-state index contributed by atoms with van der Waals surface area (Å²) in [4.78, 5) is 29.5.